The van der Waals surface area contributed by atoms with Gasteiger partial charge in [-0.2, -0.15) is 0 Å². The minimum absolute atomic E-state index is 0.0255. The van der Waals surface area contributed by atoms with Gasteiger partial charge in [-0.05, 0) is 25.5 Å². The van der Waals surface area contributed by atoms with Gasteiger partial charge in [0.05, 0.1) is 6.54 Å². The molecule has 0 bridgehead atoms. The van der Waals surface area contributed by atoms with Crippen LogP contribution in [0.5, 0.6) is 0 Å². The Morgan fingerprint density at radius 2 is 2.00 bits per heavy atom. The number of urea groups is 1. The molecule has 0 aromatic heterocycles. The highest BCUT2D eigenvalue weighted by Gasteiger charge is 2.44. The molecule has 0 aliphatic carbocycles. The van der Waals surface area contributed by atoms with E-state index in [1.54, 1.807) is 38.1 Å². The first-order valence-corrected chi connectivity index (χ1v) is 6.10. The largest absolute Gasteiger partial charge is 0.325 e. The molecule has 1 aromatic rings. The van der Waals surface area contributed by atoms with E-state index in [1.165, 1.54) is 0 Å². The van der Waals surface area contributed by atoms with E-state index in [2.05, 4.69) is 5.32 Å². The van der Waals surface area contributed by atoms with Crippen molar-refractivity contribution in [2.24, 2.45) is 5.84 Å². The van der Waals surface area contributed by atoms with E-state index in [-0.39, 0.29) is 12.5 Å². The van der Waals surface area contributed by atoms with E-state index in [1.807, 2.05) is 5.43 Å². The molecule has 0 unspecified atom stereocenters. The Kier molecular flexibility index (Phi) is 3.46. The molecule has 1 aliphatic heterocycles. The number of amides is 4. The second-order valence-electron chi connectivity index (χ2n) is 5.08. The van der Waals surface area contributed by atoms with Crippen LogP contribution < -0.4 is 16.6 Å². The van der Waals surface area contributed by atoms with Gasteiger partial charge in [-0.1, -0.05) is 18.2 Å². The van der Waals surface area contributed by atoms with Crippen molar-refractivity contribution in [3.05, 3.63) is 35.4 Å². The van der Waals surface area contributed by atoms with Crippen molar-refractivity contribution in [1.82, 2.24) is 15.6 Å². The summed E-state index contributed by atoms with van der Waals surface area (Å²) in [5.41, 5.74) is 2.00. The quantitative estimate of drug-likeness (QED) is 0.315. The summed E-state index contributed by atoms with van der Waals surface area (Å²) >= 11 is 0. The van der Waals surface area contributed by atoms with E-state index in [9.17, 15) is 14.4 Å². The average molecular weight is 276 g/mol. The van der Waals surface area contributed by atoms with Crippen molar-refractivity contribution in [2.75, 3.05) is 0 Å². The van der Waals surface area contributed by atoms with Crippen molar-refractivity contribution in [2.45, 2.75) is 25.9 Å². The number of carbonyl (C=O) groups is 3. The molecule has 4 N–H and O–H groups in total. The topological polar surface area (TPSA) is 105 Å². The smallest absolute Gasteiger partial charge is 0.324 e. The lowest BCUT2D eigenvalue weighted by atomic mass is 10.0. The molecule has 106 valence electrons. The summed E-state index contributed by atoms with van der Waals surface area (Å²) in [7, 11) is 0. The maximum Gasteiger partial charge on any atom is 0.325 e. The number of carbonyl (C=O) groups excluding carboxylic acids is 3. The molecule has 20 heavy (non-hydrogen) atoms. The molecule has 2 rings (SSSR count). The standard InChI is InChI=1S/C13H16N4O3/c1-13(2)11(19)17(12(20)15-13)7-8-5-3-4-6-9(8)10(18)16-14/h3-6H,7,14H2,1-2H3,(H,15,20)(H,16,18). The second-order valence-corrected chi connectivity index (χ2v) is 5.08. The fraction of sp³-hybridized carbons (Fsp3) is 0.308. The molecule has 0 spiro atoms. The lowest BCUT2D eigenvalue weighted by molar-refractivity contribution is -0.130. The Hall–Kier alpha value is -2.41. The van der Waals surface area contributed by atoms with Gasteiger partial charge in [0.1, 0.15) is 5.54 Å². The highest BCUT2D eigenvalue weighted by atomic mass is 16.2. The fourth-order valence-corrected chi connectivity index (χ4v) is 2.09. The van der Waals surface area contributed by atoms with Crippen LogP contribution in [0.25, 0.3) is 0 Å². The Labute approximate surface area is 116 Å². The number of hydrogen-bond acceptors (Lipinski definition) is 4. The van der Waals surface area contributed by atoms with E-state index in [0.717, 1.165) is 4.90 Å². The number of nitrogens with one attached hydrogen (secondary N) is 2. The molecule has 1 heterocycles. The molecule has 0 saturated carbocycles. The summed E-state index contributed by atoms with van der Waals surface area (Å²) in [6.45, 7) is 3.29. The zero-order chi connectivity index (χ0) is 14.9. The molecule has 7 heteroatoms. The number of hydrogen-bond donors (Lipinski definition) is 3. The molecule has 1 aliphatic rings. The zero-order valence-electron chi connectivity index (χ0n) is 11.3. The third-order valence-corrected chi connectivity index (χ3v) is 3.17. The zero-order valence-corrected chi connectivity index (χ0v) is 11.3. The maximum absolute atomic E-state index is 12.1. The minimum Gasteiger partial charge on any atom is -0.324 e. The van der Waals surface area contributed by atoms with Crippen molar-refractivity contribution in [3.63, 3.8) is 0 Å². The van der Waals surface area contributed by atoms with Crippen LogP contribution >= 0.6 is 0 Å². The van der Waals surface area contributed by atoms with Gasteiger partial charge in [0, 0.05) is 5.56 Å². The van der Waals surface area contributed by atoms with Gasteiger partial charge < -0.3 is 5.32 Å². The summed E-state index contributed by atoms with van der Waals surface area (Å²) in [4.78, 5) is 36.7. The number of hydrazine groups is 1. The Morgan fingerprint density at radius 1 is 1.35 bits per heavy atom. The van der Waals surface area contributed by atoms with Crippen molar-refractivity contribution in [1.29, 1.82) is 0 Å². The first kappa shape index (κ1) is 14.0. The van der Waals surface area contributed by atoms with Crippen molar-refractivity contribution in [3.8, 4) is 0 Å². The van der Waals surface area contributed by atoms with Crippen molar-refractivity contribution >= 4 is 17.8 Å². The summed E-state index contributed by atoms with van der Waals surface area (Å²) in [5.74, 6) is 4.33. The Morgan fingerprint density at radius 3 is 2.55 bits per heavy atom. The Balaban J connectivity index is 2.30. The van der Waals surface area contributed by atoms with E-state index >= 15 is 0 Å². The SMILES string of the molecule is CC1(C)NC(=O)N(Cc2ccccc2C(=O)NN)C1=O. The summed E-state index contributed by atoms with van der Waals surface area (Å²) < 4.78 is 0. The van der Waals surface area contributed by atoms with Gasteiger partial charge in [0.25, 0.3) is 11.8 Å². The monoisotopic (exact) mass is 276 g/mol. The van der Waals surface area contributed by atoms with Crippen LogP contribution in [0.2, 0.25) is 0 Å². The highest BCUT2D eigenvalue weighted by molar-refractivity contribution is 6.06. The number of imide groups is 1. The van der Waals surface area contributed by atoms with Gasteiger partial charge >= 0.3 is 6.03 Å². The number of benzene rings is 1. The van der Waals surface area contributed by atoms with Crippen molar-refractivity contribution < 1.29 is 14.4 Å². The van der Waals surface area contributed by atoms with Gasteiger partial charge in [0.15, 0.2) is 0 Å². The Bertz CT molecular complexity index is 583. The van der Waals surface area contributed by atoms with E-state index < -0.39 is 17.5 Å². The third kappa shape index (κ3) is 2.35. The van der Waals surface area contributed by atoms with Gasteiger partial charge in [-0.15, -0.1) is 0 Å². The average Bonchev–Trinajstić information content (AvgIpc) is 2.60. The summed E-state index contributed by atoms with van der Waals surface area (Å²) in [6, 6.07) is 6.20. The van der Waals surface area contributed by atoms with Gasteiger partial charge in [0.2, 0.25) is 0 Å². The lowest BCUT2D eigenvalue weighted by Crippen LogP contribution is -2.40. The van der Waals surface area contributed by atoms with Crippen LogP contribution in [-0.4, -0.2) is 28.3 Å². The first-order chi connectivity index (χ1) is 9.36. The van der Waals surface area contributed by atoms with E-state index in [4.69, 9.17) is 5.84 Å². The third-order valence-electron chi connectivity index (χ3n) is 3.17. The molecule has 1 aromatic carbocycles. The normalized spacial score (nSPS) is 17.1. The predicted octanol–water partition coefficient (Wildman–Crippen LogP) is 0.121. The molecule has 1 saturated heterocycles. The van der Waals surface area contributed by atoms with Crippen LogP contribution in [0.3, 0.4) is 0 Å². The predicted molar refractivity (Wildman–Crippen MR) is 71.3 cm³/mol. The van der Waals surface area contributed by atoms with Crippen LogP contribution in [-0.2, 0) is 11.3 Å². The molecule has 1 fully saturated rings. The molecular formula is C13H16N4O3. The van der Waals surface area contributed by atoms with Crippen LogP contribution in [0.15, 0.2) is 24.3 Å². The van der Waals surface area contributed by atoms with E-state index in [0.29, 0.717) is 11.1 Å². The molecule has 7 nitrogen and oxygen atoms in total. The first-order valence-electron chi connectivity index (χ1n) is 6.10. The number of nitrogens with zero attached hydrogens (tertiary/aromatic N) is 1. The number of nitrogen functional groups attached to an aromatic ring is 1. The molecule has 0 atom stereocenters. The van der Waals surface area contributed by atoms with Crippen LogP contribution in [0.1, 0.15) is 29.8 Å². The van der Waals surface area contributed by atoms with Crippen LogP contribution in [0, 0.1) is 0 Å². The summed E-state index contributed by atoms with van der Waals surface area (Å²) in [5, 5.41) is 2.59. The highest BCUT2D eigenvalue weighted by Crippen LogP contribution is 2.20. The second kappa shape index (κ2) is 4.93. The lowest BCUT2D eigenvalue weighted by Gasteiger charge is -2.17. The number of rotatable bonds is 3. The fourth-order valence-electron chi connectivity index (χ4n) is 2.09. The van der Waals surface area contributed by atoms with Gasteiger partial charge in [-0.3, -0.25) is 19.9 Å². The maximum atomic E-state index is 12.1. The molecule has 0 radical (unpaired) electrons. The molecular weight excluding hydrogens is 260 g/mol. The van der Waals surface area contributed by atoms with Gasteiger partial charge in [-0.25, -0.2) is 10.6 Å². The molecule has 4 amide bonds. The minimum atomic E-state index is -0.928. The van der Waals surface area contributed by atoms with Crippen LogP contribution in [0.4, 0.5) is 4.79 Å². The summed E-state index contributed by atoms with van der Waals surface area (Å²) in [6.07, 6.45) is 0. The number of nitrogens with two attached hydrogens (primary N) is 1.